The van der Waals surface area contributed by atoms with Crippen LogP contribution >= 0.6 is 46.6 Å². The van der Waals surface area contributed by atoms with Crippen LogP contribution in [0.4, 0.5) is 4.79 Å². The second-order valence-corrected chi connectivity index (χ2v) is 8.31. The molecule has 0 aromatic heterocycles. The van der Waals surface area contributed by atoms with Gasteiger partial charge in [-0.3, -0.25) is 19.3 Å². The van der Waals surface area contributed by atoms with Gasteiger partial charge in [0.25, 0.3) is 11.1 Å². The van der Waals surface area contributed by atoms with Crippen LogP contribution in [0.3, 0.4) is 0 Å². The average Bonchev–Trinajstić information content (AvgIpc) is 2.91. The van der Waals surface area contributed by atoms with Crippen LogP contribution in [-0.4, -0.2) is 51.6 Å². The molecule has 0 saturated carbocycles. The zero-order chi connectivity index (χ0) is 19.7. The van der Waals surface area contributed by atoms with Gasteiger partial charge in [-0.15, -0.1) is 0 Å². The Kier molecular flexibility index (Phi) is 6.25. The van der Waals surface area contributed by atoms with E-state index in [0.717, 1.165) is 24.2 Å². The van der Waals surface area contributed by atoms with Crippen LogP contribution in [0.1, 0.15) is 24.8 Å². The maximum atomic E-state index is 12.6. The molecule has 6 nitrogen and oxygen atoms in total. The minimum Gasteiger partial charge on any atom is -0.505 e. The highest BCUT2D eigenvalue weighted by atomic mass is 35.5. The summed E-state index contributed by atoms with van der Waals surface area (Å²) in [7, 11) is 0. The number of aromatic hydroxyl groups is 1. The number of carbonyl (C=O) groups is 3. The molecule has 0 spiro atoms. The van der Waals surface area contributed by atoms with Crippen molar-refractivity contribution in [2.75, 3.05) is 19.6 Å². The van der Waals surface area contributed by atoms with Gasteiger partial charge in [0.15, 0.2) is 5.75 Å². The van der Waals surface area contributed by atoms with Gasteiger partial charge in [-0.2, -0.15) is 0 Å². The van der Waals surface area contributed by atoms with Gasteiger partial charge in [0.05, 0.1) is 20.0 Å². The van der Waals surface area contributed by atoms with Gasteiger partial charge in [-0.1, -0.05) is 34.8 Å². The topological polar surface area (TPSA) is 77.9 Å². The number of imide groups is 1. The molecule has 0 radical (unpaired) electrons. The maximum Gasteiger partial charge on any atom is 0.294 e. The van der Waals surface area contributed by atoms with Crippen molar-refractivity contribution < 1.29 is 19.5 Å². The van der Waals surface area contributed by atoms with Crippen molar-refractivity contribution in [3.05, 3.63) is 31.6 Å². The Hall–Kier alpha value is -1.41. The molecule has 3 rings (SSSR count). The molecular formula is C17H15Cl3N2O4S. The van der Waals surface area contributed by atoms with Crippen LogP contribution < -0.4 is 0 Å². The van der Waals surface area contributed by atoms with Crippen molar-refractivity contribution in [1.82, 2.24) is 9.80 Å². The fraction of sp³-hybridized carbons (Fsp3) is 0.353. The molecule has 0 bridgehead atoms. The van der Waals surface area contributed by atoms with Crippen LogP contribution in [0.15, 0.2) is 11.0 Å². The molecule has 1 N–H and O–H groups in total. The van der Waals surface area contributed by atoms with Gasteiger partial charge in [-0.25, -0.2) is 0 Å². The number of benzene rings is 1. The standard InChI is InChI=1S/C17H15Cl3N2O4S/c18-10-7-11(19)15(24)14(20)9(10)6-12-16(25)22(17(26)27-12)8-13(23)21-4-2-1-3-5-21/h6-7,24H,1-5,8H2/b12-6-. The van der Waals surface area contributed by atoms with E-state index in [1.54, 1.807) is 4.90 Å². The molecule has 3 amide bonds. The van der Waals surface area contributed by atoms with Gasteiger partial charge in [0.1, 0.15) is 6.54 Å². The van der Waals surface area contributed by atoms with Crippen molar-refractivity contribution >= 4 is 69.7 Å². The third-order valence-corrected chi connectivity index (χ3v) is 6.22. The summed E-state index contributed by atoms with van der Waals surface area (Å²) in [4.78, 5) is 39.8. The first-order valence-corrected chi connectivity index (χ1v) is 10.1. The summed E-state index contributed by atoms with van der Waals surface area (Å²) in [5.41, 5.74) is 0.174. The molecule has 2 saturated heterocycles. The van der Waals surface area contributed by atoms with E-state index in [4.69, 9.17) is 34.8 Å². The first kappa shape index (κ1) is 20.3. The number of likely N-dealkylation sites (tertiary alicyclic amines) is 1. The third kappa shape index (κ3) is 4.21. The van der Waals surface area contributed by atoms with Crippen LogP contribution in [0.2, 0.25) is 15.1 Å². The van der Waals surface area contributed by atoms with E-state index in [0.29, 0.717) is 24.9 Å². The van der Waals surface area contributed by atoms with Crippen LogP contribution in [0.5, 0.6) is 5.75 Å². The lowest BCUT2D eigenvalue weighted by Crippen LogP contribution is -2.44. The number of phenolic OH excluding ortho intramolecular Hbond substituents is 1. The van der Waals surface area contributed by atoms with Crippen molar-refractivity contribution in [2.45, 2.75) is 19.3 Å². The molecule has 144 valence electrons. The first-order valence-electron chi connectivity index (χ1n) is 8.19. The number of carbonyl (C=O) groups excluding carboxylic acids is 3. The summed E-state index contributed by atoms with van der Waals surface area (Å²) in [6, 6.07) is 1.29. The highest BCUT2D eigenvalue weighted by molar-refractivity contribution is 8.18. The predicted molar refractivity (Wildman–Crippen MR) is 106 cm³/mol. The van der Waals surface area contributed by atoms with E-state index in [2.05, 4.69) is 0 Å². The lowest BCUT2D eigenvalue weighted by Gasteiger charge is -2.27. The SMILES string of the molecule is O=C(CN1C(=O)S/C(=C\c2c(Cl)cc(Cl)c(O)c2Cl)C1=O)N1CCCCC1. The van der Waals surface area contributed by atoms with E-state index in [1.165, 1.54) is 12.1 Å². The number of rotatable bonds is 3. The maximum absolute atomic E-state index is 12.6. The van der Waals surface area contributed by atoms with Gasteiger partial charge in [0.2, 0.25) is 5.91 Å². The van der Waals surface area contributed by atoms with E-state index >= 15 is 0 Å². The van der Waals surface area contributed by atoms with E-state index < -0.39 is 11.1 Å². The Balaban J connectivity index is 1.81. The molecule has 27 heavy (non-hydrogen) atoms. The number of amides is 3. The monoisotopic (exact) mass is 448 g/mol. The molecule has 2 fully saturated rings. The Morgan fingerprint density at radius 3 is 2.48 bits per heavy atom. The molecule has 2 heterocycles. The summed E-state index contributed by atoms with van der Waals surface area (Å²) in [6.45, 7) is 0.982. The largest absolute Gasteiger partial charge is 0.505 e. The van der Waals surface area contributed by atoms with Crippen LogP contribution in [-0.2, 0) is 9.59 Å². The Morgan fingerprint density at radius 2 is 1.81 bits per heavy atom. The number of hydrogen-bond acceptors (Lipinski definition) is 5. The first-order chi connectivity index (χ1) is 12.8. The van der Waals surface area contributed by atoms with Crippen LogP contribution in [0, 0.1) is 0 Å². The quantitative estimate of drug-likeness (QED) is 0.692. The summed E-state index contributed by atoms with van der Waals surface area (Å²) in [6.07, 6.45) is 4.23. The molecule has 0 atom stereocenters. The summed E-state index contributed by atoms with van der Waals surface area (Å²) in [5, 5.41) is 9.28. The summed E-state index contributed by atoms with van der Waals surface area (Å²) < 4.78 is 0. The second-order valence-electron chi connectivity index (χ2n) is 6.13. The lowest BCUT2D eigenvalue weighted by molar-refractivity contribution is -0.136. The lowest BCUT2D eigenvalue weighted by atomic mass is 10.1. The number of thioether (sulfide) groups is 1. The van der Waals surface area contributed by atoms with E-state index in [9.17, 15) is 19.5 Å². The van der Waals surface area contributed by atoms with Crippen LogP contribution in [0.25, 0.3) is 6.08 Å². The van der Waals surface area contributed by atoms with E-state index in [1.807, 2.05) is 0 Å². The predicted octanol–water partition coefficient (Wildman–Crippen LogP) is 4.40. The fourth-order valence-electron chi connectivity index (χ4n) is 2.87. The van der Waals surface area contributed by atoms with Gasteiger partial charge in [-0.05, 0) is 43.2 Å². The molecular weight excluding hydrogens is 435 g/mol. The summed E-state index contributed by atoms with van der Waals surface area (Å²) >= 11 is 18.6. The number of phenols is 1. The normalized spacial score (nSPS) is 19.3. The van der Waals surface area contributed by atoms with Crippen molar-refractivity contribution in [1.29, 1.82) is 0 Å². The molecule has 0 unspecified atom stereocenters. The third-order valence-electron chi connectivity index (χ3n) is 4.33. The Morgan fingerprint density at radius 1 is 1.15 bits per heavy atom. The highest BCUT2D eigenvalue weighted by Gasteiger charge is 2.37. The van der Waals surface area contributed by atoms with Crippen molar-refractivity contribution in [3.63, 3.8) is 0 Å². The fourth-order valence-corrected chi connectivity index (χ4v) is 4.57. The molecule has 2 aliphatic rings. The number of piperidine rings is 1. The van der Waals surface area contributed by atoms with Crippen molar-refractivity contribution in [2.24, 2.45) is 0 Å². The molecule has 1 aromatic rings. The zero-order valence-electron chi connectivity index (χ0n) is 14.0. The molecule has 10 heteroatoms. The molecule has 1 aromatic carbocycles. The van der Waals surface area contributed by atoms with E-state index in [-0.39, 0.29) is 43.7 Å². The number of nitrogens with zero attached hydrogens (tertiary/aromatic N) is 2. The smallest absolute Gasteiger partial charge is 0.294 e. The van der Waals surface area contributed by atoms with Gasteiger partial charge >= 0.3 is 0 Å². The number of hydrogen-bond donors (Lipinski definition) is 1. The summed E-state index contributed by atoms with van der Waals surface area (Å²) in [5.74, 6) is -1.22. The number of halogens is 3. The van der Waals surface area contributed by atoms with Gasteiger partial charge < -0.3 is 10.0 Å². The zero-order valence-corrected chi connectivity index (χ0v) is 17.1. The molecule has 0 aliphatic carbocycles. The molecule has 2 aliphatic heterocycles. The Bertz CT molecular complexity index is 853. The highest BCUT2D eigenvalue weighted by Crippen LogP contribution is 2.42. The Labute approximate surface area is 175 Å². The van der Waals surface area contributed by atoms with Crippen molar-refractivity contribution in [3.8, 4) is 5.75 Å². The van der Waals surface area contributed by atoms with Gasteiger partial charge in [0, 0.05) is 18.7 Å². The second kappa shape index (κ2) is 8.31. The minimum atomic E-state index is -0.600. The minimum absolute atomic E-state index is 0.0256. The average molecular weight is 450 g/mol.